The fourth-order valence-electron chi connectivity index (χ4n) is 1.55. The third-order valence-corrected chi connectivity index (χ3v) is 2.44. The number of pyridine rings is 1. The second-order valence-corrected chi connectivity index (χ2v) is 3.81. The highest BCUT2D eigenvalue weighted by Crippen LogP contribution is 2.07. The van der Waals surface area contributed by atoms with Gasteiger partial charge in [-0.05, 0) is 12.1 Å². The van der Waals surface area contributed by atoms with Crippen LogP contribution in [0.1, 0.15) is 10.5 Å². The van der Waals surface area contributed by atoms with Crippen molar-refractivity contribution in [3.63, 3.8) is 0 Å². The first-order valence-corrected chi connectivity index (χ1v) is 5.28. The van der Waals surface area contributed by atoms with Crippen molar-refractivity contribution in [1.82, 2.24) is 15.2 Å². The van der Waals surface area contributed by atoms with E-state index in [1.54, 1.807) is 31.4 Å². The van der Waals surface area contributed by atoms with Crippen molar-refractivity contribution in [3.8, 4) is 0 Å². The number of amides is 2. The van der Waals surface area contributed by atoms with Gasteiger partial charge in [-0.2, -0.15) is 0 Å². The van der Waals surface area contributed by atoms with Gasteiger partial charge in [-0.15, -0.1) is 0 Å². The Morgan fingerprint density at radius 3 is 3.06 bits per heavy atom. The monoisotopic (exact) mass is 235 g/mol. The molecule has 17 heavy (non-hydrogen) atoms. The van der Waals surface area contributed by atoms with E-state index in [0.29, 0.717) is 18.8 Å². The van der Waals surface area contributed by atoms with Crippen molar-refractivity contribution in [3.05, 3.63) is 30.1 Å². The van der Waals surface area contributed by atoms with E-state index in [0.717, 1.165) is 0 Å². The molecule has 0 saturated carbocycles. The number of cyclic esters (lactones) is 1. The molecule has 0 spiro atoms. The first kappa shape index (κ1) is 11.4. The van der Waals surface area contributed by atoms with Gasteiger partial charge < -0.3 is 15.0 Å². The number of hydrogen-bond acceptors (Lipinski definition) is 4. The smallest absolute Gasteiger partial charge is 0.410 e. The summed E-state index contributed by atoms with van der Waals surface area (Å²) in [5.41, 5.74) is 0.352. The molecular formula is C11H13N3O3. The number of nitrogens with one attached hydrogen (secondary N) is 1. The molecule has 1 atom stereocenters. The van der Waals surface area contributed by atoms with Gasteiger partial charge in [0.2, 0.25) is 0 Å². The van der Waals surface area contributed by atoms with Crippen LogP contribution in [0.25, 0.3) is 0 Å². The molecule has 1 aromatic heterocycles. The molecule has 2 rings (SSSR count). The summed E-state index contributed by atoms with van der Waals surface area (Å²) in [4.78, 5) is 28.1. The Bertz CT molecular complexity index is 421. The summed E-state index contributed by atoms with van der Waals surface area (Å²) in [6.07, 6.45) is 0.903. The molecule has 6 nitrogen and oxygen atoms in total. The Hall–Kier alpha value is -2.11. The van der Waals surface area contributed by atoms with E-state index in [-0.39, 0.29) is 18.1 Å². The average Bonchev–Trinajstić information content (AvgIpc) is 2.67. The van der Waals surface area contributed by atoms with Crippen LogP contribution in [-0.4, -0.2) is 48.1 Å². The minimum atomic E-state index is -0.359. The molecule has 0 radical (unpaired) electrons. The number of likely N-dealkylation sites (N-methyl/N-ethyl adjacent to an activating group) is 1. The number of ether oxygens (including phenoxy) is 1. The molecular weight excluding hydrogens is 222 g/mol. The van der Waals surface area contributed by atoms with Gasteiger partial charge in [-0.3, -0.25) is 9.78 Å². The van der Waals surface area contributed by atoms with Crippen molar-refractivity contribution in [2.75, 3.05) is 20.1 Å². The van der Waals surface area contributed by atoms with E-state index in [2.05, 4.69) is 10.3 Å². The number of carbonyl (C=O) groups excluding carboxylic acids is 2. The van der Waals surface area contributed by atoms with Crippen LogP contribution in [0.15, 0.2) is 24.4 Å². The summed E-state index contributed by atoms with van der Waals surface area (Å²) in [5.74, 6) is -0.267. The molecule has 2 amide bonds. The zero-order chi connectivity index (χ0) is 12.3. The molecule has 0 aromatic carbocycles. The van der Waals surface area contributed by atoms with Crippen LogP contribution in [0.4, 0.5) is 4.79 Å². The quantitative estimate of drug-likeness (QED) is 0.815. The summed E-state index contributed by atoms with van der Waals surface area (Å²) in [5, 5.41) is 2.68. The Morgan fingerprint density at radius 1 is 1.65 bits per heavy atom. The van der Waals surface area contributed by atoms with E-state index in [1.807, 2.05) is 0 Å². The number of carbonyl (C=O) groups is 2. The van der Waals surface area contributed by atoms with Gasteiger partial charge in [0.25, 0.3) is 5.91 Å². The molecule has 2 heterocycles. The van der Waals surface area contributed by atoms with E-state index in [9.17, 15) is 9.59 Å². The van der Waals surface area contributed by atoms with E-state index in [1.165, 1.54) is 4.90 Å². The summed E-state index contributed by atoms with van der Waals surface area (Å²) in [6, 6.07) is 5.11. The Morgan fingerprint density at radius 2 is 2.47 bits per heavy atom. The fourth-order valence-corrected chi connectivity index (χ4v) is 1.55. The SMILES string of the molecule is CN1CC(CNC(=O)c2ccccn2)OC1=O. The standard InChI is InChI=1S/C11H13N3O3/c1-14-7-8(17-11(14)16)6-13-10(15)9-4-2-3-5-12-9/h2-5,8H,6-7H2,1H3,(H,13,15). The number of nitrogens with zero attached hydrogens (tertiary/aromatic N) is 2. The van der Waals surface area contributed by atoms with Crippen LogP contribution in [-0.2, 0) is 4.74 Å². The maximum atomic E-state index is 11.6. The molecule has 6 heteroatoms. The molecule has 1 N–H and O–H groups in total. The van der Waals surface area contributed by atoms with Gasteiger partial charge in [0.15, 0.2) is 0 Å². The zero-order valence-corrected chi connectivity index (χ0v) is 9.42. The van der Waals surface area contributed by atoms with Crippen molar-refractivity contribution >= 4 is 12.0 Å². The van der Waals surface area contributed by atoms with Crippen molar-refractivity contribution in [1.29, 1.82) is 0 Å². The molecule has 1 fully saturated rings. The number of hydrogen-bond donors (Lipinski definition) is 1. The normalized spacial score (nSPS) is 19.0. The third-order valence-electron chi connectivity index (χ3n) is 2.44. The first-order chi connectivity index (χ1) is 8.16. The molecule has 1 aliphatic heterocycles. The maximum absolute atomic E-state index is 11.6. The van der Waals surface area contributed by atoms with Crippen LogP contribution in [0.2, 0.25) is 0 Å². The topological polar surface area (TPSA) is 71.5 Å². The Labute approximate surface area is 98.6 Å². The average molecular weight is 235 g/mol. The van der Waals surface area contributed by atoms with Gasteiger partial charge in [0.1, 0.15) is 11.8 Å². The van der Waals surface area contributed by atoms with Crippen molar-refractivity contribution in [2.24, 2.45) is 0 Å². The van der Waals surface area contributed by atoms with Crippen LogP contribution in [0.5, 0.6) is 0 Å². The minimum Gasteiger partial charge on any atom is -0.442 e. The highest BCUT2D eigenvalue weighted by atomic mass is 16.6. The number of rotatable bonds is 3. The van der Waals surface area contributed by atoms with Gasteiger partial charge in [0.05, 0.1) is 13.1 Å². The van der Waals surface area contributed by atoms with Crippen LogP contribution < -0.4 is 5.32 Å². The largest absolute Gasteiger partial charge is 0.442 e. The van der Waals surface area contributed by atoms with Gasteiger partial charge in [-0.25, -0.2) is 4.79 Å². The van der Waals surface area contributed by atoms with Gasteiger partial charge >= 0.3 is 6.09 Å². The fraction of sp³-hybridized carbons (Fsp3) is 0.364. The zero-order valence-electron chi connectivity index (χ0n) is 9.42. The molecule has 0 aliphatic carbocycles. The Balaban J connectivity index is 1.83. The molecule has 1 unspecified atom stereocenters. The molecule has 1 aliphatic rings. The van der Waals surface area contributed by atoms with Crippen LogP contribution >= 0.6 is 0 Å². The predicted octanol–water partition coefficient (Wildman–Crippen LogP) is 0.262. The third kappa shape index (κ3) is 2.72. The summed E-state index contributed by atoms with van der Waals surface area (Å²) in [6.45, 7) is 0.785. The first-order valence-electron chi connectivity index (χ1n) is 5.28. The van der Waals surface area contributed by atoms with Crippen molar-refractivity contribution in [2.45, 2.75) is 6.10 Å². The summed E-state index contributed by atoms with van der Waals surface area (Å²) in [7, 11) is 1.66. The van der Waals surface area contributed by atoms with E-state index < -0.39 is 0 Å². The second kappa shape index (κ2) is 4.82. The maximum Gasteiger partial charge on any atom is 0.410 e. The highest BCUT2D eigenvalue weighted by molar-refractivity contribution is 5.92. The lowest BCUT2D eigenvalue weighted by atomic mass is 10.3. The van der Waals surface area contributed by atoms with Crippen LogP contribution in [0.3, 0.4) is 0 Å². The molecule has 1 saturated heterocycles. The van der Waals surface area contributed by atoms with E-state index in [4.69, 9.17) is 4.74 Å². The Kier molecular flexibility index (Phi) is 3.22. The number of aromatic nitrogens is 1. The summed E-state index contributed by atoms with van der Waals surface area (Å²) >= 11 is 0. The van der Waals surface area contributed by atoms with Crippen molar-refractivity contribution < 1.29 is 14.3 Å². The lowest BCUT2D eigenvalue weighted by Crippen LogP contribution is -2.34. The summed E-state index contributed by atoms with van der Waals surface area (Å²) < 4.78 is 5.01. The van der Waals surface area contributed by atoms with Gasteiger partial charge in [-0.1, -0.05) is 6.07 Å². The minimum absolute atomic E-state index is 0.267. The lowest BCUT2D eigenvalue weighted by Gasteiger charge is -2.09. The van der Waals surface area contributed by atoms with E-state index >= 15 is 0 Å². The highest BCUT2D eigenvalue weighted by Gasteiger charge is 2.28. The predicted molar refractivity (Wildman–Crippen MR) is 59.5 cm³/mol. The molecule has 90 valence electrons. The lowest BCUT2D eigenvalue weighted by molar-refractivity contribution is 0.0910. The second-order valence-electron chi connectivity index (χ2n) is 3.81. The van der Waals surface area contributed by atoms with Crippen LogP contribution in [0, 0.1) is 0 Å². The molecule has 1 aromatic rings. The molecule has 0 bridgehead atoms. The van der Waals surface area contributed by atoms with Gasteiger partial charge in [0, 0.05) is 13.2 Å².